The molecule has 2 rings (SSSR count). The van der Waals surface area contributed by atoms with Crippen molar-refractivity contribution in [3.05, 3.63) is 34.6 Å². The van der Waals surface area contributed by atoms with E-state index < -0.39 is 0 Å². The fourth-order valence-electron chi connectivity index (χ4n) is 1.83. The summed E-state index contributed by atoms with van der Waals surface area (Å²) < 4.78 is 11.0. The Hall–Kier alpha value is -2.28. The zero-order valence-corrected chi connectivity index (χ0v) is 11.8. The molecule has 0 saturated heterocycles. The van der Waals surface area contributed by atoms with Gasteiger partial charge in [-0.1, -0.05) is 17.3 Å². The summed E-state index contributed by atoms with van der Waals surface area (Å²) in [5, 5.41) is 8.25. The van der Waals surface area contributed by atoms with E-state index in [1.165, 1.54) is 4.68 Å². The van der Waals surface area contributed by atoms with Gasteiger partial charge in [-0.2, -0.15) is 0 Å². The molecule has 0 radical (unpaired) electrons. The Kier molecular flexibility index (Phi) is 5.39. The first-order chi connectivity index (χ1) is 10.2. The van der Waals surface area contributed by atoms with Crippen molar-refractivity contribution in [2.45, 2.75) is 19.4 Å². The van der Waals surface area contributed by atoms with Crippen LogP contribution in [0.5, 0.6) is 0 Å². The highest BCUT2D eigenvalue weighted by Crippen LogP contribution is 2.03. The van der Waals surface area contributed by atoms with Gasteiger partial charge in [-0.3, -0.25) is 9.59 Å². The van der Waals surface area contributed by atoms with Crippen molar-refractivity contribution in [3.8, 4) is 0 Å². The maximum Gasteiger partial charge on any atom is 0.307 e. The number of esters is 1. The molecule has 0 N–H and O–H groups in total. The van der Waals surface area contributed by atoms with Gasteiger partial charge in [-0.15, -0.1) is 5.10 Å². The highest BCUT2D eigenvalue weighted by molar-refractivity contribution is 5.76. The van der Waals surface area contributed by atoms with Gasteiger partial charge in [0.1, 0.15) is 5.52 Å². The third kappa shape index (κ3) is 4.09. The Morgan fingerprint density at radius 1 is 1.29 bits per heavy atom. The van der Waals surface area contributed by atoms with Crippen LogP contribution in [-0.4, -0.2) is 41.3 Å². The molecule has 0 aliphatic rings. The minimum Gasteiger partial charge on any atom is -0.466 e. The van der Waals surface area contributed by atoms with E-state index in [4.69, 9.17) is 9.47 Å². The Morgan fingerprint density at radius 2 is 2.10 bits per heavy atom. The molecule has 0 bridgehead atoms. The van der Waals surface area contributed by atoms with Crippen LogP contribution in [0.1, 0.15) is 12.8 Å². The normalized spacial score (nSPS) is 10.7. The smallest absolute Gasteiger partial charge is 0.307 e. The van der Waals surface area contributed by atoms with Gasteiger partial charge < -0.3 is 9.47 Å². The highest BCUT2D eigenvalue weighted by Gasteiger charge is 2.08. The molecule has 7 heteroatoms. The van der Waals surface area contributed by atoms with E-state index in [-0.39, 0.29) is 24.5 Å². The Balaban J connectivity index is 1.93. The molecule has 0 aliphatic carbocycles. The zero-order chi connectivity index (χ0) is 15.1. The molecule has 0 saturated carbocycles. The van der Waals surface area contributed by atoms with Gasteiger partial charge >= 0.3 is 5.97 Å². The fraction of sp³-hybridized carbons (Fsp3) is 0.429. The number of aryl methyl sites for hydroxylation is 1. The molecule has 0 fully saturated rings. The van der Waals surface area contributed by atoms with Crippen LogP contribution < -0.4 is 5.56 Å². The summed E-state index contributed by atoms with van der Waals surface area (Å²) in [6.45, 7) is 1.01. The second kappa shape index (κ2) is 7.49. The molecule has 1 aromatic heterocycles. The number of hydrogen-bond donors (Lipinski definition) is 0. The summed E-state index contributed by atoms with van der Waals surface area (Å²) in [5.41, 5.74) is 0.286. The monoisotopic (exact) mass is 291 g/mol. The lowest BCUT2D eigenvalue weighted by molar-refractivity contribution is -0.144. The molecule has 0 amide bonds. The number of rotatable bonds is 7. The maximum atomic E-state index is 12.1. The summed E-state index contributed by atoms with van der Waals surface area (Å²) in [6, 6.07) is 6.96. The van der Waals surface area contributed by atoms with E-state index >= 15 is 0 Å². The zero-order valence-electron chi connectivity index (χ0n) is 11.8. The molecule has 0 aliphatic heterocycles. The van der Waals surface area contributed by atoms with Gasteiger partial charge in [0.15, 0.2) is 0 Å². The summed E-state index contributed by atoms with van der Waals surface area (Å²) in [6.07, 6.45) is 0.734. The SMILES string of the molecule is COCCCOC(=O)CCn1nnc2ccccc2c1=O. The van der Waals surface area contributed by atoms with Crippen LogP contribution in [0.3, 0.4) is 0 Å². The predicted molar refractivity (Wildman–Crippen MR) is 75.9 cm³/mol. The first kappa shape index (κ1) is 15.1. The number of nitrogens with zero attached hydrogens (tertiary/aromatic N) is 3. The van der Waals surface area contributed by atoms with Gasteiger partial charge in [-0.25, -0.2) is 4.68 Å². The molecule has 2 aromatic rings. The van der Waals surface area contributed by atoms with Crippen LogP contribution in [0.2, 0.25) is 0 Å². The van der Waals surface area contributed by atoms with E-state index in [9.17, 15) is 9.59 Å². The minimum absolute atomic E-state index is 0.0832. The topological polar surface area (TPSA) is 83.3 Å². The van der Waals surface area contributed by atoms with Gasteiger partial charge in [0, 0.05) is 20.1 Å². The second-order valence-corrected chi connectivity index (χ2v) is 4.45. The molecule has 0 unspecified atom stereocenters. The Labute approximate surface area is 121 Å². The van der Waals surface area contributed by atoms with Crippen molar-refractivity contribution in [3.63, 3.8) is 0 Å². The van der Waals surface area contributed by atoms with E-state index in [1.807, 2.05) is 0 Å². The first-order valence-electron chi connectivity index (χ1n) is 6.69. The average molecular weight is 291 g/mol. The molecule has 112 valence electrons. The summed E-state index contributed by atoms with van der Waals surface area (Å²) in [7, 11) is 1.59. The van der Waals surface area contributed by atoms with Crippen molar-refractivity contribution < 1.29 is 14.3 Å². The number of aromatic nitrogens is 3. The van der Waals surface area contributed by atoms with Crippen LogP contribution in [-0.2, 0) is 20.8 Å². The molecular weight excluding hydrogens is 274 g/mol. The van der Waals surface area contributed by atoms with E-state index in [0.29, 0.717) is 30.5 Å². The third-order valence-corrected chi connectivity index (χ3v) is 2.91. The molecule has 1 aromatic carbocycles. The molecule has 0 atom stereocenters. The third-order valence-electron chi connectivity index (χ3n) is 2.91. The van der Waals surface area contributed by atoms with Crippen LogP contribution in [0.4, 0.5) is 0 Å². The number of ether oxygens (including phenoxy) is 2. The van der Waals surface area contributed by atoms with Crippen molar-refractivity contribution in [2.24, 2.45) is 0 Å². The fourth-order valence-corrected chi connectivity index (χ4v) is 1.83. The summed E-state index contributed by atoms with van der Waals surface area (Å²) >= 11 is 0. The van der Waals surface area contributed by atoms with Crippen LogP contribution in [0, 0.1) is 0 Å². The molecule has 0 spiro atoms. The Morgan fingerprint density at radius 3 is 2.90 bits per heavy atom. The van der Waals surface area contributed by atoms with Crippen molar-refractivity contribution in [2.75, 3.05) is 20.3 Å². The number of fused-ring (bicyclic) bond motifs is 1. The standard InChI is InChI=1S/C14H17N3O4/c1-20-9-4-10-21-13(18)7-8-17-14(19)11-5-2-3-6-12(11)15-16-17/h2-3,5-6H,4,7-10H2,1H3. The van der Waals surface area contributed by atoms with Crippen molar-refractivity contribution in [1.82, 2.24) is 15.0 Å². The molecule has 7 nitrogen and oxygen atoms in total. The van der Waals surface area contributed by atoms with Crippen LogP contribution in [0.15, 0.2) is 29.1 Å². The lowest BCUT2D eigenvalue weighted by Crippen LogP contribution is -2.25. The minimum atomic E-state index is -0.368. The highest BCUT2D eigenvalue weighted by atomic mass is 16.5. The van der Waals surface area contributed by atoms with Crippen LogP contribution >= 0.6 is 0 Å². The molecule has 1 heterocycles. The Bertz CT molecular complexity index is 669. The summed E-state index contributed by atoms with van der Waals surface area (Å²) in [5.74, 6) is -0.368. The lowest BCUT2D eigenvalue weighted by atomic mass is 10.2. The van der Waals surface area contributed by atoms with E-state index in [1.54, 1.807) is 31.4 Å². The average Bonchev–Trinajstić information content (AvgIpc) is 2.51. The van der Waals surface area contributed by atoms with Crippen molar-refractivity contribution >= 4 is 16.9 Å². The van der Waals surface area contributed by atoms with Gasteiger partial charge in [0.25, 0.3) is 5.56 Å². The number of hydrogen-bond acceptors (Lipinski definition) is 6. The number of carbonyl (C=O) groups is 1. The number of methoxy groups -OCH3 is 1. The lowest BCUT2D eigenvalue weighted by Gasteiger charge is -2.06. The molecular formula is C14H17N3O4. The maximum absolute atomic E-state index is 12.1. The number of benzene rings is 1. The quantitative estimate of drug-likeness (QED) is 0.553. The summed E-state index contributed by atoms with van der Waals surface area (Å²) in [4.78, 5) is 23.7. The van der Waals surface area contributed by atoms with Gasteiger partial charge in [0.2, 0.25) is 0 Å². The first-order valence-corrected chi connectivity index (χ1v) is 6.69. The van der Waals surface area contributed by atoms with Gasteiger partial charge in [-0.05, 0) is 12.1 Å². The van der Waals surface area contributed by atoms with Crippen LogP contribution in [0.25, 0.3) is 10.9 Å². The van der Waals surface area contributed by atoms with Gasteiger partial charge in [0.05, 0.1) is 25.0 Å². The van der Waals surface area contributed by atoms with E-state index in [2.05, 4.69) is 10.3 Å². The largest absolute Gasteiger partial charge is 0.466 e. The predicted octanol–water partition coefficient (Wildman–Crippen LogP) is 0.761. The van der Waals surface area contributed by atoms with Crippen molar-refractivity contribution in [1.29, 1.82) is 0 Å². The van der Waals surface area contributed by atoms with E-state index in [0.717, 1.165) is 0 Å². The second-order valence-electron chi connectivity index (χ2n) is 4.45. The molecule has 21 heavy (non-hydrogen) atoms. The number of carbonyl (C=O) groups excluding carboxylic acids is 1.